The number of hydrogen-bond donors (Lipinski definition) is 2. The summed E-state index contributed by atoms with van der Waals surface area (Å²) in [6.07, 6.45) is 5.01. The quantitative estimate of drug-likeness (QED) is 0.835. The molecule has 0 unspecified atom stereocenters. The van der Waals surface area contributed by atoms with Crippen molar-refractivity contribution in [2.24, 2.45) is 11.8 Å². The minimum Gasteiger partial charge on any atom is -0.399 e. The second-order valence-electron chi connectivity index (χ2n) is 5.61. The Bertz CT molecular complexity index is 433. The number of benzene rings is 1. The highest BCUT2D eigenvalue weighted by Crippen LogP contribution is 2.27. The average molecular weight is 325 g/mol. The van der Waals surface area contributed by atoms with Gasteiger partial charge in [0.25, 0.3) is 5.91 Å². The maximum Gasteiger partial charge on any atom is 0.251 e. The van der Waals surface area contributed by atoms with E-state index in [-0.39, 0.29) is 5.91 Å². The molecule has 0 aromatic heterocycles. The second kappa shape index (κ2) is 6.42. The summed E-state index contributed by atoms with van der Waals surface area (Å²) < 4.78 is 0.837. The molecule has 0 bridgehead atoms. The largest absolute Gasteiger partial charge is 0.399 e. The van der Waals surface area contributed by atoms with Crippen LogP contribution in [-0.2, 0) is 0 Å². The average Bonchev–Trinajstić information content (AvgIpc) is 2.36. The summed E-state index contributed by atoms with van der Waals surface area (Å²) in [4.78, 5) is 12.1. The summed E-state index contributed by atoms with van der Waals surface area (Å²) in [6, 6.07) is 5.30. The lowest BCUT2D eigenvalue weighted by Gasteiger charge is -2.26. The molecular weight excluding hydrogens is 304 g/mol. The molecule has 0 heterocycles. The van der Waals surface area contributed by atoms with Gasteiger partial charge in [0, 0.05) is 22.3 Å². The molecule has 0 spiro atoms. The first kappa shape index (κ1) is 14.4. The van der Waals surface area contributed by atoms with E-state index in [9.17, 15) is 4.79 Å². The van der Waals surface area contributed by atoms with Crippen LogP contribution in [0.4, 0.5) is 5.69 Å². The Labute approximate surface area is 123 Å². The van der Waals surface area contributed by atoms with Crippen molar-refractivity contribution in [2.75, 3.05) is 12.3 Å². The summed E-state index contributed by atoms with van der Waals surface area (Å²) in [6.45, 7) is 3.08. The predicted molar refractivity (Wildman–Crippen MR) is 82.0 cm³/mol. The Morgan fingerprint density at radius 1 is 1.32 bits per heavy atom. The molecule has 0 radical (unpaired) electrons. The summed E-state index contributed by atoms with van der Waals surface area (Å²) >= 11 is 3.36. The van der Waals surface area contributed by atoms with Gasteiger partial charge in [-0.3, -0.25) is 4.79 Å². The smallest absolute Gasteiger partial charge is 0.251 e. The highest BCUT2D eigenvalue weighted by molar-refractivity contribution is 9.10. The summed E-state index contributed by atoms with van der Waals surface area (Å²) in [5.41, 5.74) is 6.97. The van der Waals surface area contributed by atoms with Gasteiger partial charge in [0.05, 0.1) is 0 Å². The molecule has 104 valence electrons. The van der Waals surface area contributed by atoms with Crippen molar-refractivity contribution in [2.45, 2.75) is 32.6 Å². The van der Waals surface area contributed by atoms with Crippen LogP contribution in [0.25, 0.3) is 0 Å². The maximum absolute atomic E-state index is 12.1. The predicted octanol–water partition coefficient (Wildman–Crippen LogP) is 3.59. The topological polar surface area (TPSA) is 55.1 Å². The van der Waals surface area contributed by atoms with Crippen molar-refractivity contribution in [3.63, 3.8) is 0 Å². The maximum atomic E-state index is 12.1. The number of carbonyl (C=O) groups excluding carboxylic acids is 1. The van der Waals surface area contributed by atoms with Crippen LogP contribution in [0.5, 0.6) is 0 Å². The first-order chi connectivity index (χ1) is 9.04. The lowest BCUT2D eigenvalue weighted by Crippen LogP contribution is -2.31. The van der Waals surface area contributed by atoms with Gasteiger partial charge in [-0.2, -0.15) is 0 Å². The van der Waals surface area contributed by atoms with Gasteiger partial charge in [0.1, 0.15) is 0 Å². The third-order valence-electron chi connectivity index (χ3n) is 3.87. The van der Waals surface area contributed by atoms with Gasteiger partial charge in [-0.05, 0) is 42.9 Å². The zero-order valence-corrected chi connectivity index (χ0v) is 12.9. The Morgan fingerprint density at radius 2 is 2.00 bits per heavy atom. The van der Waals surface area contributed by atoms with Gasteiger partial charge in [-0.1, -0.05) is 35.7 Å². The van der Waals surface area contributed by atoms with Crippen LogP contribution in [0.15, 0.2) is 22.7 Å². The number of rotatable bonds is 3. The fourth-order valence-corrected chi connectivity index (χ4v) is 3.13. The number of amides is 1. The SMILES string of the molecule is CC1CCC(CNC(=O)c2cc(N)cc(Br)c2)CC1. The van der Waals surface area contributed by atoms with Gasteiger partial charge in [0.15, 0.2) is 0 Å². The molecule has 1 aliphatic rings. The van der Waals surface area contributed by atoms with Gasteiger partial charge < -0.3 is 11.1 Å². The van der Waals surface area contributed by atoms with E-state index in [1.54, 1.807) is 18.2 Å². The molecular formula is C15H21BrN2O. The molecule has 0 saturated heterocycles. The van der Waals surface area contributed by atoms with E-state index in [1.807, 2.05) is 0 Å². The van der Waals surface area contributed by atoms with E-state index < -0.39 is 0 Å². The van der Waals surface area contributed by atoms with Gasteiger partial charge >= 0.3 is 0 Å². The number of nitrogens with two attached hydrogens (primary N) is 1. The standard InChI is InChI=1S/C15H21BrN2O/c1-10-2-4-11(5-3-10)9-18-15(19)12-6-13(16)8-14(17)7-12/h6-8,10-11H,2-5,9,17H2,1H3,(H,18,19). The molecule has 3 N–H and O–H groups in total. The molecule has 1 amide bonds. The van der Waals surface area contributed by atoms with Crippen LogP contribution in [0, 0.1) is 11.8 Å². The molecule has 2 rings (SSSR count). The zero-order valence-electron chi connectivity index (χ0n) is 11.3. The highest BCUT2D eigenvalue weighted by atomic mass is 79.9. The van der Waals surface area contributed by atoms with Crippen LogP contribution in [0.2, 0.25) is 0 Å². The van der Waals surface area contributed by atoms with Crippen LogP contribution < -0.4 is 11.1 Å². The van der Waals surface area contributed by atoms with Crippen LogP contribution in [0.1, 0.15) is 43.0 Å². The summed E-state index contributed by atoms with van der Waals surface area (Å²) in [5.74, 6) is 1.44. The Morgan fingerprint density at radius 3 is 2.63 bits per heavy atom. The van der Waals surface area contributed by atoms with E-state index >= 15 is 0 Å². The lowest BCUT2D eigenvalue weighted by molar-refractivity contribution is 0.0942. The van der Waals surface area contributed by atoms with Crippen LogP contribution >= 0.6 is 15.9 Å². The number of anilines is 1. The van der Waals surface area contributed by atoms with E-state index in [1.165, 1.54) is 25.7 Å². The van der Waals surface area contributed by atoms with E-state index in [0.29, 0.717) is 17.2 Å². The van der Waals surface area contributed by atoms with Crippen LogP contribution in [-0.4, -0.2) is 12.5 Å². The van der Waals surface area contributed by atoms with Crippen molar-refractivity contribution in [3.8, 4) is 0 Å². The fourth-order valence-electron chi connectivity index (χ4n) is 2.62. The molecule has 1 aliphatic carbocycles. The zero-order chi connectivity index (χ0) is 13.8. The third kappa shape index (κ3) is 4.23. The van der Waals surface area contributed by atoms with E-state index in [0.717, 1.165) is 16.9 Å². The highest BCUT2D eigenvalue weighted by Gasteiger charge is 2.19. The molecule has 1 saturated carbocycles. The molecule has 19 heavy (non-hydrogen) atoms. The molecule has 1 fully saturated rings. The molecule has 0 aliphatic heterocycles. The second-order valence-corrected chi connectivity index (χ2v) is 6.52. The first-order valence-electron chi connectivity index (χ1n) is 6.89. The number of nitrogen functional groups attached to an aromatic ring is 1. The van der Waals surface area contributed by atoms with Crippen molar-refractivity contribution in [1.82, 2.24) is 5.32 Å². The van der Waals surface area contributed by atoms with Crippen molar-refractivity contribution < 1.29 is 4.79 Å². The first-order valence-corrected chi connectivity index (χ1v) is 7.68. The molecule has 3 nitrogen and oxygen atoms in total. The Hall–Kier alpha value is -1.03. The fraction of sp³-hybridized carbons (Fsp3) is 0.533. The molecule has 1 aromatic carbocycles. The number of hydrogen-bond acceptors (Lipinski definition) is 2. The minimum absolute atomic E-state index is 0.0355. The summed E-state index contributed by atoms with van der Waals surface area (Å²) in [5, 5.41) is 3.02. The number of halogens is 1. The minimum atomic E-state index is -0.0355. The number of nitrogens with one attached hydrogen (secondary N) is 1. The molecule has 1 aromatic rings. The summed E-state index contributed by atoms with van der Waals surface area (Å²) in [7, 11) is 0. The van der Waals surface area contributed by atoms with Gasteiger partial charge in [0.2, 0.25) is 0 Å². The normalized spacial score (nSPS) is 23.1. The van der Waals surface area contributed by atoms with E-state index in [4.69, 9.17) is 5.73 Å². The van der Waals surface area contributed by atoms with Gasteiger partial charge in [-0.15, -0.1) is 0 Å². The van der Waals surface area contributed by atoms with Crippen molar-refractivity contribution in [1.29, 1.82) is 0 Å². The Kier molecular flexibility index (Phi) is 4.86. The number of carbonyl (C=O) groups is 1. The van der Waals surface area contributed by atoms with E-state index in [2.05, 4.69) is 28.2 Å². The van der Waals surface area contributed by atoms with Crippen molar-refractivity contribution in [3.05, 3.63) is 28.2 Å². The van der Waals surface area contributed by atoms with Crippen molar-refractivity contribution >= 4 is 27.5 Å². The Balaban J connectivity index is 1.87. The van der Waals surface area contributed by atoms with Gasteiger partial charge in [-0.25, -0.2) is 0 Å². The third-order valence-corrected chi connectivity index (χ3v) is 4.33. The molecule has 4 heteroatoms. The van der Waals surface area contributed by atoms with Crippen LogP contribution in [0.3, 0.4) is 0 Å². The molecule has 0 atom stereocenters. The lowest BCUT2D eigenvalue weighted by atomic mass is 9.83. The monoisotopic (exact) mass is 324 g/mol.